The van der Waals surface area contributed by atoms with Crippen LogP contribution in [0.25, 0.3) is 0 Å². The molecule has 1 aromatic heterocycles. The monoisotopic (exact) mass is 562 g/mol. The van der Waals surface area contributed by atoms with Gasteiger partial charge >= 0.3 is 0 Å². The van der Waals surface area contributed by atoms with Crippen molar-refractivity contribution in [1.82, 2.24) is 15.6 Å². The van der Waals surface area contributed by atoms with Gasteiger partial charge in [-0.3, -0.25) is 9.98 Å². The van der Waals surface area contributed by atoms with Gasteiger partial charge in [0.1, 0.15) is 18.5 Å². The van der Waals surface area contributed by atoms with Crippen molar-refractivity contribution < 1.29 is 14.2 Å². The van der Waals surface area contributed by atoms with Crippen LogP contribution in [0.1, 0.15) is 18.2 Å². The van der Waals surface area contributed by atoms with Crippen LogP contribution in [0, 0.1) is 0 Å². The molecule has 0 radical (unpaired) electrons. The highest BCUT2D eigenvalue weighted by Gasteiger charge is 2.09. The zero-order valence-corrected chi connectivity index (χ0v) is 21.5. The van der Waals surface area contributed by atoms with Crippen LogP contribution in [-0.4, -0.2) is 37.7 Å². The van der Waals surface area contributed by atoms with Gasteiger partial charge in [0.05, 0.1) is 19.3 Å². The van der Waals surface area contributed by atoms with Crippen molar-refractivity contribution in [3.63, 3.8) is 0 Å². The minimum atomic E-state index is -0.0758. The number of nitrogens with one attached hydrogen (secondary N) is 2. The number of benzene rings is 2. The second-order valence-electron chi connectivity index (χ2n) is 7.14. The topological polar surface area (TPSA) is 77.0 Å². The van der Waals surface area contributed by atoms with Gasteiger partial charge in [-0.15, -0.1) is 24.0 Å². The lowest BCUT2D eigenvalue weighted by Crippen LogP contribution is -2.41. The molecule has 0 bridgehead atoms. The molecule has 1 unspecified atom stereocenters. The predicted octanol–water partition coefficient (Wildman–Crippen LogP) is 4.42. The van der Waals surface area contributed by atoms with Crippen LogP contribution in [0.2, 0.25) is 0 Å². The smallest absolute Gasteiger partial charge is 0.191 e. The Morgan fingerprint density at radius 2 is 1.79 bits per heavy atom. The molecule has 0 aliphatic rings. The number of guanidine groups is 1. The molecule has 1 heterocycles. The molecule has 0 aliphatic heterocycles. The van der Waals surface area contributed by atoms with E-state index in [1.165, 1.54) is 0 Å². The molecule has 0 amide bonds. The van der Waals surface area contributed by atoms with Crippen LogP contribution < -0.4 is 24.8 Å². The highest BCUT2D eigenvalue weighted by Crippen LogP contribution is 2.26. The van der Waals surface area contributed by atoms with Crippen molar-refractivity contribution in [1.29, 1.82) is 0 Å². The lowest BCUT2D eigenvalue weighted by Gasteiger charge is -2.19. The van der Waals surface area contributed by atoms with E-state index in [1.54, 1.807) is 20.4 Å². The Hall–Kier alpha value is -3.01. The Morgan fingerprint density at radius 1 is 1.00 bits per heavy atom. The number of aromatic nitrogens is 1. The Balaban J connectivity index is 0.00000385. The van der Waals surface area contributed by atoms with Gasteiger partial charge in [0.15, 0.2) is 17.5 Å². The maximum atomic E-state index is 5.98. The first kappa shape index (κ1) is 26.2. The van der Waals surface area contributed by atoms with Crippen LogP contribution >= 0.6 is 24.0 Å². The Morgan fingerprint density at radius 3 is 2.52 bits per heavy atom. The quantitative estimate of drug-likeness (QED) is 0.217. The minimum absolute atomic E-state index is 0. The van der Waals surface area contributed by atoms with Crippen LogP contribution in [0.15, 0.2) is 77.9 Å². The van der Waals surface area contributed by atoms with Crippen molar-refractivity contribution in [2.75, 3.05) is 20.7 Å². The second kappa shape index (κ2) is 14.2. The first-order valence-corrected chi connectivity index (χ1v) is 10.5. The minimum Gasteiger partial charge on any atom is -0.493 e. The number of ether oxygens (including phenoxy) is 3. The van der Waals surface area contributed by atoms with E-state index in [4.69, 9.17) is 14.2 Å². The number of aliphatic imine (C=N–C) groups is 1. The van der Waals surface area contributed by atoms with E-state index < -0.39 is 0 Å². The van der Waals surface area contributed by atoms with Gasteiger partial charge in [-0.2, -0.15) is 0 Å². The standard InChI is InChI=1S/C25H30N4O3.HI/c1-19(32-24-13-5-4-12-23(24)30-3)16-28-25(26-2)29-17-20-9-8-11-22(15-20)31-18-21-10-6-7-14-27-21;/h4-15,19H,16-18H2,1-3H3,(H2,26,28,29);1H. The molecular formula is C25H31IN4O3. The van der Waals surface area contributed by atoms with E-state index in [9.17, 15) is 0 Å². The third-order valence-corrected chi connectivity index (χ3v) is 4.65. The molecule has 0 spiro atoms. The van der Waals surface area contributed by atoms with Crippen molar-refractivity contribution >= 4 is 29.9 Å². The Bertz CT molecular complexity index is 1000. The lowest BCUT2D eigenvalue weighted by molar-refractivity contribution is 0.213. The fraction of sp³-hybridized carbons (Fsp3) is 0.280. The molecular weight excluding hydrogens is 531 g/mol. The summed E-state index contributed by atoms with van der Waals surface area (Å²) in [6, 6.07) is 21.4. The third-order valence-electron chi connectivity index (χ3n) is 4.65. The number of hydrogen-bond acceptors (Lipinski definition) is 5. The lowest BCUT2D eigenvalue weighted by atomic mass is 10.2. The molecule has 0 saturated carbocycles. The molecule has 3 rings (SSSR count). The first-order chi connectivity index (χ1) is 15.7. The normalized spacial score (nSPS) is 11.7. The first-order valence-electron chi connectivity index (χ1n) is 10.5. The zero-order chi connectivity index (χ0) is 22.6. The molecule has 2 N–H and O–H groups in total. The summed E-state index contributed by atoms with van der Waals surface area (Å²) in [5.74, 6) is 2.93. The van der Waals surface area contributed by atoms with E-state index in [0.717, 1.165) is 22.8 Å². The highest BCUT2D eigenvalue weighted by atomic mass is 127. The predicted molar refractivity (Wildman–Crippen MR) is 142 cm³/mol. The number of methoxy groups -OCH3 is 1. The van der Waals surface area contributed by atoms with E-state index in [0.29, 0.717) is 31.4 Å². The van der Waals surface area contributed by atoms with Gasteiger partial charge in [-0.25, -0.2) is 0 Å². The second-order valence-corrected chi connectivity index (χ2v) is 7.14. The molecule has 0 saturated heterocycles. The molecule has 176 valence electrons. The molecule has 3 aromatic rings. The summed E-state index contributed by atoms with van der Waals surface area (Å²) in [6.07, 6.45) is 1.69. The summed E-state index contributed by atoms with van der Waals surface area (Å²) < 4.78 is 17.2. The highest BCUT2D eigenvalue weighted by molar-refractivity contribution is 14.0. The van der Waals surface area contributed by atoms with E-state index in [1.807, 2.05) is 73.7 Å². The number of hydrogen-bond donors (Lipinski definition) is 2. The molecule has 7 nitrogen and oxygen atoms in total. The molecule has 0 aliphatic carbocycles. The molecule has 33 heavy (non-hydrogen) atoms. The van der Waals surface area contributed by atoms with Crippen LogP contribution in [0.5, 0.6) is 17.2 Å². The third kappa shape index (κ3) is 8.80. The summed E-state index contributed by atoms with van der Waals surface area (Å²) in [5.41, 5.74) is 1.98. The van der Waals surface area contributed by atoms with Gasteiger partial charge in [-0.05, 0) is 48.9 Å². The maximum Gasteiger partial charge on any atom is 0.191 e. The van der Waals surface area contributed by atoms with E-state index in [2.05, 4.69) is 20.6 Å². The van der Waals surface area contributed by atoms with Crippen molar-refractivity contribution in [2.24, 2.45) is 4.99 Å². The summed E-state index contributed by atoms with van der Waals surface area (Å²) in [6.45, 7) is 3.63. The van der Waals surface area contributed by atoms with Crippen molar-refractivity contribution in [3.05, 3.63) is 84.2 Å². The number of para-hydroxylation sites is 2. The van der Waals surface area contributed by atoms with Gasteiger partial charge in [0.25, 0.3) is 0 Å². The SMILES string of the molecule is CN=C(NCc1cccc(OCc2ccccn2)c1)NCC(C)Oc1ccccc1OC.I. The maximum absolute atomic E-state index is 5.98. The van der Waals surface area contributed by atoms with Gasteiger partial charge < -0.3 is 24.8 Å². The van der Waals surface area contributed by atoms with Gasteiger partial charge in [-0.1, -0.05) is 30.3 Å². The fourth-order valence-corrected chi connectivity index (χ4v) is 3.01. The van der Waals surface area contributed by atoms with Crippen LogP contribution in [-0.2, 0) is 13.2 Å². The van der Waals surface area contributed by atoms with Gasteiger partial charge in [0.2, 0.25) is 0 Å². The van der Waals surface area contributed by atoms with Crippen molar-refractivity contribution in [3.8, 4) is 17.2 Å². The number of rotatable bonds is 10. The van der Waals surface area contributed by atoms with Crippen molar-refractivity contribution in [2.45, 2.75) is 26.2 Å². The number of nitrogens with zero attached hydrogens (tertiary/aromatic N) is 2. The zero-order valence-electron chi connectivity index (χ0n) is 19.2. The summed E-state index contributed by atoms with van der Waals surface area (Å²) >= 11 is 0. The average molecular weight is 562 g/mol. The average Bonchev–Trinajstić information content (AvgIpc) is 2.84. The summed E-state index contributed by atoms with van der Waals surface area (Å²) in [4.78, 5) is 8.57. The molecule has 2 aromatic carbocycles. The summed E-state index contributed by atoms with van der Waals surface area (Å²) in [5, 5.41) is 6.61. The van der Waals surface area contributed by atoms with E-state index in [-0.39, 0.29) is 30.1 Å². The van der Waals surface area contributed by atoms with Gasteiger partial charge in [0, 0.05) is 19.8 Å². The van der Waals surface area contributed by atoms with Crippen LogP contribution in [0.3, 0.4) is 0 Å². The summed E-state index contributed by atoms with van der Waals surface area (Å²) in [7, 11) is 3.38. The largest absolute Gasteiger partial charge is 0.493 e. The fourth-order valence-electron chi connectivity index (χ4n) is 3.01. The molecule has 0 fully saturated rings. The van der Waals surface area contributed by atoms with E-state index >= 15 is 0 Å². The molecule has 1 atom stereocenters. The Kier molecular flexibility index (Phi) is 11.3. The number of halogens is 1. The Labute approximate surface area is 212 Å². The van der Waals surface area contributed by atoms with Crippen LogP contribution in [0.4, 0.5) is 0 Å². The molecule has 8 heteroatoms. The number of pyridine rings is 1.